The van der Waals surface area contributed by atoms with Gasteiger partial charge in [0, 0.05) is 0 Å². The van der Waals surface area contributed by atoms with E-state index in [1.54, 1.807) is 19.1 Å². The van der Waals surface area contributed by atoms with E-state index < -0.39 is 17.8 Å². The Kier molecular flexibility index (Phi) is 4.83. The zero-order valence-corrected chi connectivity index (χ0v) is 12.9. The van der Waals surface area contributed by atoms with E-state index in [4.69, 9.17) is 11.6 Å². The van der Waals surface area contributed by atoms with Crippen LogP contribution in [0.3, 0.4) is 0 Å². The van der Waals surface area contributed by atoms with Gasteiger partial charge in [0.2, 0.25) is 5.91 Å². The third-order valence-electron chi connectivity index (χ3n) is 4.20. The Hall–Kier alpha value is -1.62. The molecule has 1 aliphatic carbocycles. The van der Waals surface area contributed by atoms with Crippen molar-refractivity contribution in [2.75, 3.05) is 5.32 Å². The van der Waals surface area contributed by atoms with Gasteiger partial charge in [-0.25, -0.2) is 4.98 Å². The summed E-state index contributed by atoms with van der Waals surface area (Å²) in [5.74, 6) is -1.92. The number of aliphatic carboxylic acids is 1. The number of nitrogens with zero attached hydrogens (tertiary/aromatic N) is 1. The van der Waals surface area contributed by atoms with Crippen LogP contribution in [-0.4, -0.2) is 22.0 Å². The second-order valence-corrected chi connectivity index (χ2v) is 5.94. The van der Waals surface area contributed by atoms with Crippen molar-refractivity contribution in [3.8, 4) is 0 Å². The Balaban J connectivity index is 2.13. The number of rotatable bonds is 4. The molecule has 1 aliphatic rings. The largest absolute Gasteiger partial charge is 0.481 e. The highest BCUT2D eigenvalue weighted by atomic mass is 35.5. The molecule has 1 saturated carbocycles. The van der Waals surface area contributed by atoms with Crippen molar-refractivity contribution in [1.29, 1.82) is 0 Å². The van der Waals surface area contributed by atoms with Crippen molar-refractivity contribution in [2.45, 2.75) is 33.1 Å². The molecule has 0 aliphatic heterocycles. The molecule has 2 rings (SSSR count). The summed E-state index contributed by atoms with van der Waals surface area (Å²) < 4.78 is 0. The van der Waals surface area contributed by atoms with Gasteiger partial charge in [-0.3, -0.25) is 9.59 Å². The van der Waals surface area contributed by atoms with Crippen molar-refractivity contribution >= 4 is 29.2 Å². The normalized spacial score (nSPS) is 24.8. The lowest BCUT2D eigenvalue weighted by Gasteiger charge is -2.16. The highest BCUT2D eigenvalue weighted by molar-refractivity contribution is 6.29. The number of hydrogen-bond acceptors (Lipinski definition) is 3. The predicted molar refractivity (Wildman–Crippen MR) is 80.2 cm³/mol. The Morgan fingerprint density at radius 3 is 2.62 bits per heavy atom. The summed E-state index contributed by atoms with van der Waals surface area (Å²) in [6.45, 7) is 3.77. The molecule has 1 heterocycles. The van der Waals surface area contributed by atoms with Gasteiger partial charge < -0.3 is 10.4 Å². The van der Waals surface area contributed by atoms with Crippen molar-refractivity contribution in [3.05, 3.63) is 23.0 Å². The maximum Gasteiger partial charge on any atom is 0.307 e. The minimum absolute atomic E-state index is 0.245. The second-order valence-electron chi connectivity index (χ2n) is 5.55. The molecule has 3 atom stereocenters. The average molecular weight is 311 g/mol. The molecule has 0 saturated heterocycles. The van der Waals surface area contributed by atoms with Gasteiger partial charge in [0.15, 0.2) is 0 Å². The minimum atomic E-state index is -0.892. The number of aromatic nitrogens is 1. The smallest absolute Gasteiger partial charge is 0.307 e. The van der Waals surface area contributed by atoms with E-state index in [0.717, 1.165) is 6.42 Å². The number of halogens is 1. The molecule has 0 radical (unpaired) electrons. The molecule has 0 aromatic carbocycles. The van der Waals surface area contributed by atoms with E-state index in [0.29, 0.717) is 35.3 Å². The monoisotopic (exact) mass is 310 g/mol. The van der Waals surface area contributed by atoms with Crippen LogP contribution in [0.2, 0.25) is 5.15 Å². The van der Waals surface area contributed by atoms with Crippen LogP contribution in [0.1, 0.15) is 31.9 Å². The Morgan fingerprint density at radius 2 is 2.05 bits per heavy atom. The number of amides is 1. The third kappa shape index (κ3) is 3.53. The second kappa shape index (κ2) is 6.43. The van der Waals surface area contributed by atoms with Gasteiger partial charge in [-0.2, -0.15) is 0 Å². The molecule has 0 spiro atoms. The SMILES string of the molecule is CCC1C[C@H](C(=O)Nc2ccc(Cl)nc2C)[C@H](C(=O)O)C1. The molecule has 1 aromatic rings. The number of carboxylic acids is 1. The van der Waals surface area contributed by atoms with Gasteiger partial charge in [-0.15, -0.1) is 0 Å². The molecule has 1 amide bonds. The van der Waals surface area contributed by atoms with Crippen molar-refractivity contribution in [1.82, 2.24) is 4.98 Å². The van der Waals surface area contributed by atoms with Crippen LogP contribution in [0.15, 0.2) is 12.1 Å². The number of carbonyl (C=O) groups is 2. The summed E-state index contributed by atoms with van der Waals surface area (Å²) in [4.78, 5) is 27.8. The van der Waals surface area contributed by atoms with Gasteiger partial charge in [0.25, 0.3) is 0 Å². The van der Waals surface area contributed by atoms with Crippen LogP contribution in [0.4, 0.5) is 5.69 Å². The lowest BCUT2D eigenvalue weighted by Crippen LogP contribution is -2.30. The summed E-state index contributed by atoms with van der Waals surface area (Å²) in [6.07, 6.45) is 2.09. The minimum Gasteiger partial charge on any atom is -0.481 e. The van der Waals surface area contributed by atoms with Crippen LogP contribution in [-0.2, 0) is 9.59 Å². The highest BCUT2D eigenvalue weighted by Crippen LogP contribution is 2.39. The molecule has 5 nitrogen and oxygen atoms in total. The van der Waals surface area contributed by atoms with Crippen molar-refractivity contribution < 1.29 is 14.7 Å². The summed E-state index contributed by atoms with van der Waals surface area (Å²) in [5, 5.41) is 12.4. The first-order valence-electron chi connectivity index (χ1n) is 7.09. The topological polar surface area (TPSA) is 79.3 Å². The number of hydrogen-bond donors (Lipinski definition) is 2. The number of aryl methyl sites for hydroxylation is 1. The van der Waals surface area contributed by atoms with Crippen LogP contribution in [0.25, 0.3) is 0 Å². The van der Waals surface area contributed by atoms with Crippen LogP contribution in [0, 0.1) is 24.7 Å². The average Bonchev–Trinajstić information content (AvgIpc) is 2.86. The maximum absolute atomic E-state index is 12.4. The maximum atomic E-state index is 12.4. The summed E-state index contributed by atoms with van der Waals surface area (Å²) >= 11 is 5.78. The molecule has 0 bridgehead atoms. The fourth-order valence-electron chi connectivity index (χ4n) is 2.93. The van der Waals surface area contributed by atoms with Crippen LogP contribution in [0.5, 0.6) is 0 Å². The highest BCUT2D eigenvalue weighted by Gasteiger charge is 2.42. The van der Waals surface area contributed by atoms with Gasteiger partial charge >= 0.3 is 5.97 Å². The third-order valence-corrected chi connectivity index (χ3v) is 4.41. The van der Waals surface area contributed by atoms with Gasteiger partial charge in [-0.05, 0) is 37.8 Å². The number of carbonyl (C=O) groups excluding carboxylic acids is 1. The Bertz CT molecular complexity index is 562. The van der Waals surface area contributed by atoms with Gasteiger partial charge in [-0.1, -0.05) is 24.9 Å². The summed E-state index contributed by atoms with van der Waals surface area (Å²) in [7, 11) is 0. The molecule has 1 fully saturated rings. The van der Waals surface area contributed by atoms with Crippen molar-refractivity contribution in [2.24, 2.45) is 17.8 Å². The van der Waals surface area contributed by atoms with Gasteiger partial charge in [0.1, 0.15) is 5.15 Å². The fraction of sp³-hybridized carbons (Fsp3) is 0.533. The van der Waals surface area contributed by atoms with Crippen LogP contribution < -0.4 is 5.32 Å². The molecule has 6 heteroatoms. The molecular weight excluding hydrogens is 292 g/mol. The quantitative estimate of drug-likeness (QED) is 0.837. The fourth-order valence-corrected chi connectivity index (χ4v) is 3.12. The lowest BCUT2D eigenvalue weighted by atomic mass is 9.95. The van der Waals surface area contributed by atoms with Crippen molar-refractivity contribution in [3.63, 3.8) is 0 Å². The molecule has 1 unspecified atom stereocenters. The molecular formula is C15H19ClN2O3. The molecule has 114 valence electrons. The molecule has 21 heavy (non-hydrogen) atoms. The number of carboxylic acid groups (broad SMARTS) is 1. The number of anilines is 1. The van der Waals surface area contributed by atoms with E-state index in [9.17, 15) is 14.7 Å². The van der Waals surface area contributed by atoms with E-state index in [-0.39, 0.29) is 5.91 Å². The van der Waals surface area contributed by atoms with E-state index in [1.165, 1.54) is 0 Å². The van der Waals surface area contributed by atoms with E-state index in [1.807, 2.05) is 6.92 Å². The molecule has 1 aromatic heterocycles. The number of pyridine rings is 1. The number of nitrogens with one attached hydrogen (secondary N) is 1. The zero-order valence-electron chi connectivity index (χ0n) is 12.1. The summed E-state index contributed by atoms with van der Waals surface area (Å²) in [6, 6.07) is 3.28. The van der Waals surface area contributed by atoms with E-state index >= 15 is 0 Å². The Labute approximate surface area is 128 Å². The standard InChI is InChI=1S/C15H19ClN2O3/c1-3-9-6-10(11(7-9)15(20)21)14(19)18-12-4-5-13(16)17-8(12)2/h4-5,9-11H,3,6-7H2,1-2H3,(H,18,19)(H,20,21)/t9?,10-,11+/m0/s1. The summed E-state index contributed by atoms with van der Waals surface area (Å²) in [5.41, 5.74) is 1.20. The predicted octanol–water partition coefficient (Wildman–Crippen LogP) is 3.12. The first-order valence-corrected chi connectivity index (χ1v) is 7.47. The lowest BCUT2D eigenvalue weighted by molar-refractivity contribution is -0.145. The zero-order chi connectivity index (χ0) is 15.6. The van der Waals surface area contributed by atoms with E-state index in [2.05, 4.69) is 10.3 Å². The first kappa shape index (κ1) is 15.8. The van der Waals surface area contributed by atoms with Gasteiger partial charge in [0.05, 0.1) is 23.2 Å². The molecule has 2 N–H and O–H groups in total. The first-order chi connectivity index (χ1) is 9.92. The van der Waals surface area contributed by atoms with Crippen LogP contribution >= 0.6 is 11.6 Å². The Morgan fingerprint density at radius 1 is 1.38 bits per heavy atom.